The van der Waals surface area contributed by atoms with E-state index in [1.54, 1.807) is 24.9 Å². The van der Waals surface area contributed by atoms with Crippen LogP contribution in [0.15, 0.2) is 46.3 Å². The van der Waals surface area contributed by atoms with E-state index in [9.17, 15) is 9.59 Å². The number of rotatable bonds is 7. The average Bonchev–Trinajstić information content (AvgIpc) is 2.89. The Labute approximate surface area is 222 Å². The molecule has 0 spiro atoms. The van der Waals surface area contributed by atoms with E-state index in [1.807, 2.05) is 24.4 Å². The number of likely N-dealkylation sites (tertiary alicyclic amines) is 1. The van der Waals surface area contributed by atoms with Gasteiger partial charge in [0.15, 0.2) is 0 Å². The number of hydrogen-bond acceptors (Lipinski definition) is 8. The molecule has 0 saturated carbocycles. The van der Waals surface area contributed by atoms with E-state index in [1.165, 1.54) is 11.8 Å². The van der Waals surface area contributed by atoms with Crippen LogP contribution in [0, 0.1) is 0 Å². The van der Waals surface area contributed by atoms with Crippen LogP contribution in [-0.2, 0) is 4.79 Å². The number of fused-ring (bicyclic) bond motifs is 2. The predicted octanol–water partition coefficient (Wildman–Crippen LogP) is 4.32. The highest BCUT2D eigenvalue weighted by atomic mass is 35.5. The van der Waals surface area contributed by atoms with Gasteiger partial charge in [0.2, 0.25) is 5.91 Å². The van der Waals surface area contributed by atoms with Crippen molar-refractivity contribution in [2.45, 2.75) is 28.7 Å². The molecule has 0 bridgehead atoms. The van der Waals surface area contributed by atoms with Crippen LogP contribution in [0.4, 0.5) is 5.82 Å². The van der Waals surface area contributed by atoms with Gasteiger partial charge in [0, 0.05) is 47.9 Å². The van der Waals surface area contributed by atoms with Crippen LogP contribution in [0.5, 0.6) is 5.75 Å². The highest BCUT2D eigenvalue weighted by Gasteiger charge is 2.25. The Kier molecular flexibility index (Phi) is 7.85. The zero-order valence-electron chi connectivity index (χ0n) is 19.8. The Bertz CT molecular complexity index is 1300. The molecule has 2 amide bonds. The Morgan fingerprint density at radius 3 is 2.94 bits per heavy atom. The number of benzene rings is 1. The number of amides is 2. The van der Waals surface area contributed by atoms with Crippen molar-refractivity contribution in [3.63, 3.8) is 0 Å². The van der Waals surface area contributed by atoms with E-state index in [0.717, 1.165) is 64.7 Å². The molecule has 0 unspecified atom stereocenters. The summed E-state index contributed by atoms with van der Waals surface area (Å²) in [5.74, 6) is 2.09. The Morgan fingerprint density at radius 1 is 1.31 bits per heavy atom. The molecule has 2 N–H and O–H groups in total. The van der Waals surface area contributed by atoms with E-state index in [2.05, 4.69) is 31.6 Å². The molecule has 11 heteroatoms. The summed E-state index contributed by atoms with van der Waals surface area (Å²) in [6.45, 7) is 2.80. The summed E-state index contributed by atoms with van der Waals surface area (Å²) >= 11 is 9.48. The molecule has 2 aliphatic rings. The number of nitrogens with zero attached hydrogens (tertiary/aromatic N) is 3. The molecule has 1 fully saturated rings. The van der Waals surface area contributed by atoms with Crippen molar-refractivity contribution in [3.05, 3.63) is 47.2 Å². The molecule has 8 nitrogen and oxygen atoms in total. The summed E-state index contributed by atoms with van der Waals surface area (Å²) in [4.78, 5) is 37.7. The highest BCUT2D eigenvalue weighted by Crippen LogP contribution is 2.33. The lowest BCUT2D eigenvalue weighted by molar-refractivity contribution is -0.113. The molecule has 36 heavy (non-hydrogen) atoms. The lowest BCUT2D eigenvalue weighted by Crippen LogP contribution is -2.45. The van der Waals surface area contributed by atoms with Crippen molar-refractivity contribution in [2.24, 2.45) is 0 Å². The van der Waals surface area contributed by atoms with Crippen LogP contribution in [0.1, 0.15) is 23.3 Å². The summed E-state index contributed by atoms with van der Waals surface area (Å²) in [6.07, 6.45) is 3.65. The second kappa shape index (κ2) is 11.2. The molecule has 5 rings (SSSR count). The molecule has 188 valence electrons. The first kappa shape index (κ1) is 25.1. The van der Waals surface area contributed by atoms with Crippen LogP contribution in [0.25, 0.3) is 10.9 Å². The number of nitrogens with one attached hydrogen (secondary N) is 2. The minimum absolute atomic E-state index is 0.0685. The van der Waals surface area contributed by atoms with Gasteiger partial charge in [0.1, 0.15) is 17.3 Å². The van der Waals surface area contributed by atoms with Crippen LogP contribution in [0.3, 0.4) is 0 Å². The van der Waals surface area contributed by atoms with Gasteiger partial charge in [-0.1, -0.05) is 11.6 Å². The maximum Gasteiger partial charge on any atom is 0.271 e. The molecule has 0 aliphatic carbocycles. The van der Waals surface area contributed by atoms with Crippen molar-refractivity contribution in [3.8, 4) is 5.75 Å². The van der Waals surface area contributed by atoms with Gasteiger partial charge in [-0.15, -0.1) is 23.5 Å². The molecule has 0 radical (unpaired) electrons. The summed E-state index contributed by atoms with van der Waals surface area (Å²) in [7, 11) is 1.67. The topological polar surface area (TPSA) is 96.4 Å². The zero-order valence-corrected chi connectivity index (χ0v) is 22.1. The van der Waals surface area contributed by atoms with Gasteiger partial charge in [-0.25, -0.2) is 4.98 Å². The molecule has 1 aromatic carbocycles. The first-order valence-electron chi connectivity index (χ1n) is 11.7. The number of thioether (sulfide) groups is 2. The normalized spacial score (nSPS) is 16.4. The first-order valence-corrected chi connectivity index (χ1v) is 14.1. The fourth-order valence-electron chi connectivity index (χ4n) is 4.29. The lowest BCUT2D eigenvalue weighted by atomic mass is 10.0. The molecule has 2 aromatic heterocycles. The smallest absolute Gasteiger partial charge is 0.271 e. The van der Waals surface area contributed by atoms with Crippen LogP contribution in [-0.4, -0.2) is 71.0 Å². The third kappa shape index (κ3) is 5.88. The summed E-state index contributed by atoms with van der Waals surface area (Å²) in [5, 5.41) is 7.15. The van der Waals surface area contributed by atoms with Crippen molar-refractivity contribution in [1.82, 2.24) is 20.2 Å². The average molecular weight is 544 g/mol. The summed E-state index contributed by atoms with van der Waals surface area (Å²) in [6, 6.07) is 9.82. The van der Waals surface area contributed by atoms with E-state index < -0.39 is 0 Å². The minimum Gasteiger partial charge on any atom is -0.497 e. The van der Waals surface area contributed by atoms with Gasteiger partial charge in [-0.2, -0.15) is 0 Å². The second-order valence-corrected chi connectivity index (χ2v) is 11.3. The Morgan fingerprint density at radius 2 is 2.14 bits per heavy atom. The van der Waals surface area contributed by atoms with Gasteiger partial charge in [-0.3, -0.25) is 14.6 Å². The van der Waals surface area contributed by atoms with E-state index >= 15 is 0 Å². The van der Waals surface area contributed by atoms with Gasteiger partial charge in [0.05, 0.1) is 28.3 Å². The standard InChI is InChI=1S/C25H26ClN5O3S2/c1-34-17-2-3-20-15(10-17)11-18(13-27-20)35-9-8-31-6-4-16(5-7-31)28-25(33)23-19(26)12-21-24(30-23)29-22(32)14-36-21/h2-3,10-13,16H,4-9,14H2,1H3,(H,28,33)(H,29,30,32). The number of aromatic nitrogens is 2. The van der Waals surface area contributed by atoms with Gasteiger partial charge >= 0.3 is 0 Å². The third-order valence-corrected chi connectivity index (χ3v) is 8.50. The largest absolute Gasteiger partial charge is 0.497 e. The quantitative estimate of drug-likeness (QED) is 0.425. The SMILES string of the molecule is COc1ccc2ncc(SCCN3CCC(NC(=O)c4nc5c(cc4Cl)SCC(=O)N5)CC3)cc2c1. The molecule has 4 heterocycles. The van der Waals surface area contributed by atoms with Crippen molar-refractivity contribution in [1.29, 1.82) is 0 Å². The monoisotopic (exact) mass is 543 g/mol. The first-order chi connectivity index (χ1) is 17.5. The lowest BCUT2D eigenvalue weighted by Gasteiger charge is -2.32. The number of ether oxygens (including phenoxy) is 1. The highest BCUT2D eigenvalue weighted by molar-refractivity contribution is 8.00. The molecule has 3 aromatic rings. The number of hydrogen-bond donors (Lipinski definition) is 2. The van der Waals surface area contributed by atoms with E-state index in [-0.39, 0.29) is 23.6 Å². The molecule has 1 saturated heterocycles. The minimum atomic E-state index is -0.304. The molecule has 0 atom stereocenters. The van der Waals surface area contributed by atoms with Crippen molar-refractivity contribution < 1.29 is 14.3 Å². The summed E-state index contributed by atoms with van der Waals surface area (Å²) in [5.41, 5.74) is 1.11. The predicted molar refractivity (Wildman–Crippen MR) is 145 cm³/mol. The summed E-state index contributed by atoms with van der Waals surface area (Å²) < 4.78 is 5.32. The number of carbonyl (C=O) groups excluding carboxylic acids is 2. The Hall–Kier alpha value is -2.53. The molecular weight excluding hydrogens is 518 g/mol. The van der Waals surface area contributed by atoms with Crippen LogP contribution >= 0.6 is 35.1 Å². The van der Waals surface area contributed by atoms with E-state index in [4.69, 9.17) is 16.3 Å². The number of anilines is 1. The van der Waals surface area contributed by atoms with Crippen LogP contribution in [0.2, 0.25) is 5.02 Å². The molecular formula is C25H26ClN5O3S2. The van der Waals surface area contributed by atoms with E-state index in [0.29, 0.717) is 16.6 Å². The van der Waals surface area contributed by atoms with Crippen molar-refractivity contribution >= 4 is 63.7 Å². The van der Waals surface area contributed by atoms with Gasteiger partial charge in [0.25, 0.3) is 5.91 Å². The number of methoxy groups -OCH3 is 1. The number of piperidine rings is 1. The number of pyridine rings is 2. The third-order valence-electron chi connectivity index (χ3n) is 6.24. The second-order valence-electron chi connectivity index (χ2n) is 8.67. The zero-order chi connectivity index (χ0) is 25.1. The number of carbonyl (C=O) groups is 2. The Balaban J connectivity index is 1.09. The van der Waals surface area contributed by atoms with Gasteiger partial charge in [-0.05, 0) is 43.2 Å². The van der Waals surface area contributed by atoms with Gasteiger partial charge < -0.3 is 20.3 Å². The fraction of sp³-hybridized carbons (Fsp3) is 0.360. The maximum absolute atomic E-state index is 12.8. The molecule has 2 aliphatic heterocycles. The van der Waals surface area contributed by atoms with Crippen LogP contribution < -0.4 is 15.4 Å². The number of halogens is 1. The fourth-order valence-corrected chi connectivity index (χ4v) is 6.30. The van der Waals surface area contributed by atoms with Crippen molar-refractivity contribution in [2.75, 3.05) is 43.6 Å². The maximum atomic E-state index is 12.8.